The fraction of sp³-hybridized carbons (Fsp3) is 0.812. The number of piperidine rings is 1. The molecule has 1 aromatic heterocycles. The summed E-state index contributed by atoms with van der Waals surface area (Å²) >= 11 is 6.79. The van der Waals surface area contributed by atoms with Crippen molar-refractivity contribution in [3.05, 3.63) is 16.7 Å². The lowest BCUT2D eigenvalue weighted by atomic mass is 9.74. The van der Waals surface area contributed by atoms with Gasteiger partial charge in [-0.25, -0.2) is 9.78 Å². The number of amides is 3. The number of carbonyl (C=O) groups excluding carboxylic acids is 2. The number of carboxylic acid groups (broad SMARTS) is 1. The summed E-state index contributed by atoms with van der Waals surface area (Å²) in [5.41, 5.74) is -0.172. The van der Waals surface area contributed by atoms with Crippen molar-refractivity contribution in [3.8, 4) is 0 Å². The smallest absolute Gasteiger partial charge is 0.407 e. The van der Waals surface area contributed by atoms with Gasteiger partial charge in [0, 0.05) is 52.9 Å². The molecule has 3 amide bonds. The van der Waals surface area contributed by atoms with Crippen molar-refractivity contribution in [1.82, 2.24) is 24.3 Å². The second-order valence-corrected chi connectivity index (χ2v) is 14.0. The van der Waals surface area contributed by atoms with Crippen LogP contribution >= 0.6 is 11.6 Å². The first-order valence-electron chi connectivity index (χ1n) is 16.2. The Morgan fingerprint density at radius 3 is 2.41 bits per heavy atom. The molecule has 3 rings (SSSR count). The van der Waals surface area contributed by atoms with Gasteiger partial charge in [-0.2, -0.15) is 0 Å². The topological polar surface area (TPSA) is 117 Å². The number of rotatable bonds is 13. The summed E-state index contributed by atoms with van der Waals surface area (Å²) in [6, 6.07) is -1.08. The zero-order chi connectivity index (χ0) is 32.6. The highest BCUT2D eigenvalue weighted by atomic mass is 35.5. The molecule has 2 aliphatic heterocycles. The maximum Gasteiger partial charge on any atom is 0.407 e. The summed E-state index contributed by atoms with van der Waals surface area (Å²) in [4.78, 5) is 51.0. The van der Waals surface area contributed by atoms with Gasteiger partial charge in [0.25, 0.3) is 5.91 Å². The first-order chi connectivity index (χ1) is 20.8. The third-order valence-electron chi connectivity index (χ3n) is 8.61. The number of ether oxygens (including phenoxy) is 2. The van der Waals surface area contributed by atoms with Gasteiger partial charge in [0.1, 0.15) is 11.5 Å². The van der Waals surface area contributed by atoms with Crippen molar-refractivity contribution in [2.24, 2.45) is 17.3 Å². The van der Waals surface area contributed by atoms with Crippen LogP contribution in [0.5, 0.6) is 0 Å². The average molecular weight is 640 g/mol. The molecule has 0 aromatic carbocycles. The van der Waals surface area contributed by atoms with E-state index in [0.29, 0.717) is 64.5 Å². The van der Waals surface area contributed by atoms with Crippen LogP contribution in [-0.4, -0.2) is 112 Å². The van der Waals surface area contributed by atoms with Gasteiger partial charge in [-0.05, 0) is 37.0 Å². The Labute approximate surface area is 268 Å². The van der Waals surface area contributed by atoms with Crippen molar-refractivity contribution in [1.29, 1.82) is 0 Å². The van der Waals surface area contributed by atoms with Crippen molar-refractivity contribution in [2.75, 3.05) is 53.1 Å². The average Bonchev–Trinajstić information content (AvgIpc) is 3.29. The fourth-order valence-corrected chi connectivity index (χ4v) is 6.95. The van der Waals surface area contributed by atoms with E-state index in [9.17, 15) is 19.5 Å². The molecule has 44 heavy (non-hydrogen) atoms. The molecule has 3 heterocycles. The third-order valence-corrected chi connectivity index (χ3v) is 8.88. The molecule has 0 radical (unpaired) electrons. The van der Waals surface area contributed by atoms with E-state index >= 15 is 0 Å². The standard InChI is InChI=1S/C32H54ClN5O6/c1-8-9-12-25-34-28(33)26(36(25)13-10-11-16-43-7)30(40)37(20-22(2)3)24-19-23(29(39)35-14-17-44-18-15-35)21-38(31(41)42)27(24)32(4,5)6/h22-24,27H,8-21H2,1-7H3,(H,41,42)/t23-,24+,27?/m1/s1. The van der Waals surface area contributed by atoms with E-state index in [4.69, 9.17) is 21.1 Å². The third kappa shape index (κ3) is 8.88. The second-order valence-electron chi connectivity index (χ2n) is 13.7. The monoisotopic (exact) mass is 639 g/mol. The van der Waals surface area contributed by atoms with E-state index in [1.54, 1.807) is 16.9 Å². The number of aromatic nitrogens is 2. The highest BCUT2D eigenvalue weighted by molar-refractivity contribution is 6.32. The number of imidazole rings is 1. The number of halogens is 1. The maximum atomic E-state index is 14.8. The molecule has 1 aromatic rings. The van der Waals surface area contributed by atoms with E-state index in [1.165, 1.54) is 4.90 Å². The fourth-order valence-electron chi connectivity index (χ4n) is 6.67. The molecule has 0 spiro atoms. The summed E-state index contributed by atoms with van der Waals surface area (Å²) in [6.45, 7) is 15.7. The van der Waals surface area contributed by atoms with E-state index in [2.05, 4.69) is 11.9 Å². The highest BCUT2D eigenvalue weighted by Gasteiger charge is 2.50. The Morgan fingerprint density at radius 2 is 1.84 bits per heavy atom. The minimum atomic E-state index is -1.09. The quantitative estimate of drug-likeness (QED) is 0.300. The Hall–Kier alpha value is -2.37. The predicted octanol–water partition coefficient (Wildman–Crippen LogP) is 5.05. The van der Waals surface area contributed by atoms with Crippen LogP contribution in [0.4, 0.5) is 4.79 Å². The summed E-state index contributed by atoms with van der Waals surface area (Å²) in [5.74, 6) is -0.0632. The largest absolute Gasteiger partial charge is 0.465 e. The lowest BCUT2D eigenvalue weighted by Gasteiger charge is -2.52. The number of likely N-dealkylation sites (tertiary alicyclic amines) is 1. The van der Waals surface area contributed by atoms with Crippen LogP contribution in [0.25, 0.3) is 0 Å². The molecule has 2 fully saturated rings. The lowest BCUT2D eigenvalue weighted by Crippen LogP contribution is -2.66. The molecule has 3 atom stereocenters. The maximum absolute atomic E-state index is 14.8. The van der Waals surface area contributed by atoms with Crippen LogP contribution in [0.3, 0.4) is 0 Å². The number of nitrogens with zero attached hydrogens (tertiary/aromatic N) is 5. The van der Waals surface area contributed by atoms with Crippen LogP contribution in [0, 0.1) is 17.3 Å². The SMILES string of the molecule is CCCCc1nc(Cl)c(C(=O)N(CC(C)C)[C@H]2C[C@@H](C(=O)N3CCOCC3)CN(C(=O)O)C2C(C)(C)C)n1CCCCOC. The van der Waals surface area contributed by atoms with Gasteiger partial charge >= 0.3 is 6.09 Å². The molecular formula is C32H54ClN5O6. The van der Waals surface area contributed by atoms with E-state index in [1.807, 2.05) is 39.2 Å². The van der Waals surface area contributed by atoms with Gasteiger partial charge in [-0.1, -0.05) is 59.6 Å². The Balaban J connectivity index is 2.10. The molecule has 0 saturated carbocycles. The normalized spacial score (nSPS) is 21.2. The predicted molar refractivity (Wildman–Crippen MR) is 170 cm³/mol. The second kappa shape index (κ2) is 16.3. The van der Waals surface area contributed by atoms with Crippen LogP contribution in [-0.2, 0) is 27.2 Å². The van der Waals surface area contributed by atoms with Crippen molar-refractivity contribution in [2.45, 2.75) is 98.7 Å². The first kappa shape index (κ1) is 36.1. The minimum Gasteiger partial charge on any atom is -0.465 e. The molecule has 2 aliphatic rings. The van der Waals surface area contributed by atoms with Gasteiger partial charge < -0.3 is 33.8 Å². The van der Waals surface area contributed by atoms with Crippen LogP contribution in [0.1, 0.15) is 90.0 Å². The number of hydrogen-bond acceptors (Lipinski definition) is 6. The zero-order valence-electron chi connectivity index (χ0n) is 27.8. The van der Waals surface area contributed by atoms with Crippen molar-refractivity contribution < 1.29 is 29.0 Å². The van der Waals surface area contributed by atoms with E-state index < -0.39 is 29.5 Å². The molecule has 0 bridgehead atoms. The highest BCUT2D eigenvalue weighted by Crippen LogP contribution is 2.39. The number of methoxy groups -OCH3 is 1. The number of unbranched alkanes of at least 4 members (excludes halogenated alkanes) is 2. The number of morpholine rings is 1. The molecule has 1 unspecified atom stereocenters. The summed E-state index contributed by atoms with van der Waals surface area (Å²) in [5, 5.41) is 10.6. The van der Waals surface area contributed by atoms with E-state index in [0.717, 1.165) is 31.5 Å². The van der Waals surface area contributed by atoms with Crippen molar-refractivity contribution in [3.63, 3.8) is 0 Å². The van der Waals surface area contributed by atoms with Crippen LogP contribution in [0.2, 0.25) is 5.15 Å². The Morgan fingerprint density at radius 1 is 1.16 bits per heavy atom. The Bertz CT molecular complexity index is 1110. The summed E-state index contributed by atoms with van der Waals surface area (Å²) < 4.78 is 12.7. The van der Waals surface area contributed by atoms with Gasteiger partial charge in [-0.15, -0.1) is 0 Å². The molecule has 0 aliphatic carbocycles. The lowest BCUT2D eigenvalue weighted by molar-refractivity contribution is -0.144. The van der Waals surface area contributed by atoms with E-state index in [-0.39, 0.29) is 29.4 Å². The van der Waals surface area contributed by atoms with Gasteiger partial charge in [-0.3, -0.25) is 9.59 Å². The molecule has 2 saturated heterocycles. The van der Waals surface area contributed by atoms with Gasteiger partial charge in [0.15, 0.2) is 5.15 Å². The minimum absolute atomic E-state index is 0.0862. The van der Waals surface area contributed by atoms with Crippen molar-refractivity contribution >= 4 is 29.5 Å². The number of hydrogen-bond donors (Lipinski definition) is 1. The molecular weight excluding hydrogens is 586 g/mol. The van der Waals surface area contributed by atoms with Gasteiger partial charge in [0.2, 0.25) is 5.91 Å². The van der Waals surface area contributed by atoms with Gasteiger partial charge in [0.05, 0.1) is 31.2 Å². The molecule has 11 nitrogen and oxygen atoms in total. The van der Waals surface area contributed by atoms with Crippen LogP contribution < -0.4 is 0 Å². The first-order valence-corrected chi connectivity index (χ1v) is 16.6. The zero-order valence-corrected chi connectivity index (χ0v) is 28.6. The molecule has 1 N–H and O–H groups in total. The van der Waals surface area contributed by atoms with Crippen LogP contribution in [0.15, 0.2) is 0 Å². The molecule has 250 valence electrons. The summed E-state index contributed by atoms with van der Waals surface area (Å²) in [7, 11) is 1.67. The summed E-state index contributed by atoms with van der Waals surface area (Å²) in [6.07, 6.45) is 3.50. The Kier molecular flexibility index (Phi) is 13.3. The molecule has 12 heteroatoms. The number of aryl methyl sites for hydroxylation is 1. The number of carbonyl (C=O) groups is 3.